The molecule has 0 amide bonds. The summed E-state index contributed by atoms with van der Waals surface area (Å²) in [5.41, 5.74) is 2.56. The predicted octanol–water partition coefficient (Wildman–Crippen LogP) is 2.49. The first-order chi connectivity index (χ1) is 15.6. The van der Waals surface area contributed by atoms with Crippen molar-refractivity contribution in [1.82, 2.24) is 24.9 Å². The third-order valence-corrected chi connectivity index (χ3v) is 6.20. The van der Waals surface area contributed by atoms with Crippen LogP contribution in [0, 0.1) is 28.6 Å². The van der Waals surface area contributed by atoms with Gasteiger partial charge in [0.25, 0.3) is 0 Å². The van der Waals surface area contributed by atoms with Crippen molar-refractivity contribution in [3.63, 3.8) is 0 Å². The second kappa shape index (κ2) is 8.15. The smallest absolute Gasteiger partial charge is 0.232 e. The quantitative estimate of drug-likeness (QED) is 0.538. The molecule has 2 aromatic heterocycles. The van der Waals surface area contributed by atoms with Gasteiger partial charge in [0.05, 0.1) is 34.2 Å². The molecule has 0 spiro atoms. The molecular formula is C21H21ClN10. The van der Waals surface area contributed by atoms with E-state index in [1.54, 1.807) is 12.1 Å². The van der Waals surface area contributed by atoms with Crippen molar-refractivity contribution in [2.24, 2.45) is 5.92 Å². The lowest BCUT2D eigenvalue weighted by atomic mass is 10.1. The van der Waals surface area contributed by atoms with E-state index in [0.29, 0.717) is 45.4 Å². The zero-order valence-electron chi connectivity index (χ0n) is 17.4. The van der Waals surface area contributed by atoms with Crippen LogP contribution in [0.2, 0.25) is 5.02 Å². The van der Waals surface area contributed by atoms with Gasteiger partial charge in [0.2, 0.25) is 11.9 Å². The molecule has 3 N–H and O–H groups in total. The molecule has 1 saturated carbocycles. The topological polar surface area (TPSA) is 130 Å². The minimum absolute atomic E-state index is 0.272. The van der Waals surface area contributed by atoms with Crippen molar-refractivity contribution >= 4 is 40.5 Å². The fourth-order valence-electron chi connectivity index (χ4n) is 3.82. The fraction of sp³-hybridized carbons (Fsp3) is 0.381. The van der Waals surface area contributed by atoms with Gasteiger partial charge in [0.1, 0.15) is 11.6 Å². The molecule has 0 radical (unpaired) electrons. The maximum absolute atomic E-state index is 9.56. The van der Waals surface area contributed by atoms with Crippen molar-refractivity contribution in [3.05, 3.63) is 34.5 Å². The molecule has 1 saturated heterocycles. The van der Waals surface area contributed by atoms with Crippen LogP contribution in [-0.4, -0.2) is 51.8 Å². The Hall–Kier alpha value is -3.60. The Balaban J connectivity index is 1.55. The summed E-state index contributed by atoms with van der Waals surface area (Å²) in [6.07, 6.45) is 2.52. The second-order valence-corrected chi connectivity index (χ2v) is 8.45. The Morgan fingerprint density at radius 1 is 1.19 bits per heavy atom. The van der Waals surface area contributed by atoms with E-state index >= 15 is 0 Å². The number of halogens is 1. The lowest BCUT2D eigenvalue weighted by Crippen LogP contribution is -2.43. The summed E-state index contributed by atoms with van der Waals surface area (Å²) >= 11 is 6.75. The Bertz CT molecular complexity index is 1260. The summed E-state index contributed by atoms with van der Waals surface area (Å²) in [6.45, 7) is 5.45. The van der Waals surface area contributed by atoms with Crippen molar-refractivity contribution in [3.8, 4) is 12.1 Å². The minimum atomic E-state index is 0.272. The molecule has 1 aromatic carbocycles. The molecular weight excluding hydrogens is 428 g/mol. The van der Waals surface area contributed by atoms with E-state index in [0.717, 1.165) is 38.3 Å². The number of benzene rings is 1. The number of anilines is 4. The molecule has 10 nitrogen and oxygen atoms in total. The number of nitriles is 2. The zero-order chi connectivity index (χ0) is 22.2. The molecule has 0 bridgehead atoms. The number of hydrogen-bond acceptors (Lipinski definition) is 9. The summed E-state index contributed by atoms with van der Waals surface area (Å²) in [7, 11) is 0. The number of fused-ring (bicyclic) bond motifs is 1. The number of rotatable bonds is 5. The number of hydrogen-bond donors (Lipinski definition) is 3. The van der Waals surface area contributed by atoms with Gasteiger partial charge in [-0.15, -0.1) is 0 Å². The van der Waals surface area contributed by atoms with Crippen LogP contribution in [0.15, 0.2) is 18.3 Å². The van der Waals surface area contributed by atoms with Gasteiger partial charge >= 0.3 is 0 Å². The van der Waals surface area contributed by atoms with Gasteiger partial charge in [-0.3, -0.25) is 0 Å². The summed E-state index contributed by atoms with van der Waals surface area (Å²) < 4.78 is 1.54. The first kappa shape index (κ1) is 20.3. The Morgan fingerprint density at radius 3 is 2.66 bits per heavy atom. The zero-order valence-corrected chi connectivity index (χ0v) is 18.2. The van der Waals surface area contributed by atoms with Crippen LogP contribution in [-0.2, 0) is 0 Å². The van der Waals surface area contributed by atoms with Gasteiger partial charge < -0.3 is 20.9 Å². The van der Waals surface area contributed by atoms with Gasteiger partial charge in [-0.1, -0.05) is 18.5 Å². The molecule has 32 heavy (non-hydrogen) atoms. The van der Waals surface area contributed by atoms with Gasteiger partial charge in [-0.05, 0) is 24.5 Å². The van der Waals surface area contributed by atoms with Gasteiger partial charge in [-0.2, -0.15) is 30.1 Å². The minimum Gasteiger partial charge on any atom is -0.368 e. The fourth-order valence-corrected chi connectivity index (χ4v) is 4.09. The highest BCUT2D eigenvalue weighted by molar-refractivity contribution is 6.36. The van der Waals surface area contributed by atoms with Crippen LogP contribution in [0.5, 0.6) is 0 Å². The molecule has 2 atom stereocenters. The van der Waals surface area contributed by atoms with Gasteiger partial charge in [0, 0.05) is 32.2 Å². The van der Waals surface area contributed by atoms with E-state index in [1.165, 1.54) is 10.7 Å². The van der Waals surface area contributed by atoms with Gasteiger partial charge in [-0.25, -0.2) is 0 Å². The molecule has 5 rings (SSSR count). The number of aromatic nitrogens is 4. The van der Waals surface area contributed by atoms with E-state index in [-0.39, 0.29) is 5.95 Å². The third-order valence-electron chi connectivity index (χ3n) is 5.80. The molecule has 1 aliphatic heterocycles. The van der Waals surface area contributed by atoms with Crippen molar-refractivity contribution in [2.45, 2.75) is 19.4 Å². The summed E-state index contributed by atoms with van der Waals surface area (Å²) in [4.78, 5) is 11.2. The maximum atomic E-state index is 9.56. The normalized spacial score (nSPS) is 19.9. The molecule has 0 unspecified atom stereocenters. The van der Waals surface area contributed by atoms with Crippen LogP contribution < -0.4 is 20.9 Å². The third kappa shape index (κ3) is 3.75. The highest BCUT2D eigenvalue weighted by atomic mass is 35.5. The van der Waals surface area contributed by atoms with Crippen LogP contribution in [0.3, 0.4) is 0 Å². The monoisotopic (exact) mass is 448 g/mol. The first-order valence-electron chi connectivity index (χ1n) is 10.5. The van der Waals surface area contributed by atoms with Crippen molar-refractivity contribution in [1.29, 1.82) is 10.5 Å². The van der Waals surface area contributed by atoms with Crippen LogP contribution >= 0.6 is 11.6 Å². The molecule has 162 valence electrons. The molecule has 3 heterocycles. The molecule has 3 aromatic rings. The number of nitrogens with zero attached hydrogens (tertiary/aromatic N) is 7. The van der Waals surface area contributed by atoms with Crippen molar-refractivity contribution in [2.75, 3.05) is 41.7 Å². The molecule has 11 heteroatoms. The molecule has 1 aliphatic carbocycles. The Kier molecular flexibility index (Phi) is 5.17. The van der Waals surface area contributed by atoms with Crippen LogP contribution in [0.25, 0.3) is 5.65 Å². The second-order valence-electron chi connectivity index (χ2n) is 8.07. The molecule has 2 aliphatic rings. The summed E-state index contributed by atoms with van der Waals surface area (Å²) in [6, 6.07) is 8.11. The van der Waals surface area contributed by atoms with E-state index in [2.05, 4.69) is 55.0 Å². The highest BCUT2D eigenvalue weighted by Gasteiger charge is 2.33. The Labute approximate surface area is 189 Å². The van der Waals surface area contributed by atoms with E-state index in [9.17, 15) is 10.5 Å². The average Bonchev–Trinajstić information content (AvgIpc) is 3.34. The van der Waals surface area contributed by atoms with E-state index in [4.69, 9.17) is 11.6 Å². The summed E-state index contributed by atoms with van der Waals surface area (Å²) in [5.74, 6) is 1.32. The Morgan fingerprint density at radius 2 is 1.97 bits per heavy atom. The standard InChI is InChI=1S/C21H21ClN10/c1-12-6-15(12)28-21-30-20(29-19-14(10-24)11-26-32(19)21)27-16-7-13(9-23)8-17(18(16)22)31-4-2-25-3-5-31/h7-8,11-12,15,25H,2-6H2,1H3,(H2,27,28,29,30)/t12-,15-/m0/s1. The lowest BCUT2D eigenvalue weighted by molar-refractivity contribution is 0.589. The largest absolute Gasteiger partial charge is 0.368 e. The maximum Gasteiger partial charge on any atom is 0.232 e. The molecule has 2 fully saturated rings. The highest BCUT2D eigenvalue weighted by Crippen LogP contribution is 2.37. The van der Waals surface area contributed by atoms with Gasteiger partial charge in [0.15, 0.2) is 5.65 Å². The number of nitrogens with one attached hydrogen (secondary N) is 3. The SMILES string of the molecule is C[C@H]1C[C@@H]1Nc1nc(Nc2cc(C#N)cc(N3CCNCC3)c2Cl)nc2c(C#N)cnn12. The first-order valence-corrected chi connectivity index (χ1v) is 10.8. The van der Waals surface area contributed by atoms with E-state index in [1.807, 2.05) is 0 Å². The summed E-state index contributed by atoms with van der Waals surface area (Å²) in [5, 5.41) is 33.6. The predicted molar refractivity (Wildman–Crippen MR) is 121 cm³/mol. The average molecular weight is 449 g/mol. The van der Waals surface area contributed by atoms with Crippen LogP contribution in [0.1, 0.15) is 24.5 Å². The van der Waals surface area contributed by atoms with Crippen molar-refractivity contribution < 1.29 is 0 Å². The lowest BCUT2D eigenvalue weighted by Gasteiger charge is -2.30. The van der Waals surface area contributed by atoms with Crippen LogP contribution in [0.4, 0.5) is 23.3 Å². The van der Waals surface area contributed by atoms with E-state index < -0.39 is 0 Å². The number of piperazine rings is 1.